The van der Waals surface area contributed by atoms with Crippen LogP contribution in [-0.4, -0.2) is 100 Å². The molecule has 1 fully saturated rings. The summed E-state index contributed by atoms with van der Waals surface area (Å²) in [6, 6.07) is 0. The molecule has 1 rings (SSSR count). The van der Waals surface area contributed by atoms with E-state index in [9.17, 15) is 19.5 Å². The largest absolute Gasteiger partial charge is 0.508 e. The Labute approximate surface area is 377 Å². The minimum absolute atomic E-state index is 0.0475. The number of β-amino-alcohol motifs (C(OH)–C–C–N with tert-alkyl or cyclic N) is 1. The quantitative estimate of drug-likeness (QED) is 0.0207. The van der Waals surface area contributed by atoms with Crippen LogP contribution >= 0.6 is 0 Å². The summed E-state index contributed by atoms with van der Waals surface area (Å²) < 4.78 is 34.2. The van der Waals surface area contributed by atoms with Gasteiger partial charge in [-0.25, -0.2) is 4.79 Å². The number of unbranched alkanes of at least 4 members (excludes halogenated alkanes) is 12. The van der Waals surface area contributed by atoms with Gasteiger partial charge in [0, 0.05) is 45.1 Å². The van der Waals surface area contributed by atoms with E-state index < -0.39 is 24.3 Å². The van der Waals surface area contributed by atoms with Gasteiger partial charge in [-0.2, -0.15) is 0 Å². The molecule has 1 N–H and O–H groups in total. The van der Waals surface area contributed by atoms with Crippen LogP contribution in [0.5, 0.6) is 0 Å². The summed E-state index contributed by atoms with van der Waals surface area (Å²) in [4.78, 5) is 40.5. The van der Waals surface area contributed by atoms with Crippen LogP contribution in [-0.2, 0) is 38.0 Å². The number of allylic oxidation sites excluding steroid dienone is 8. The Bertz CT molecular complexity index is 1160. The monoisotopic (exact) mass is 876 g/mol. The van der Waals surface area contributed by atoms with Gasteiger partial charge in [-0.3, -0.25) is 9.59 Å². The van der Waals surface area contributed by atoms with Crippen LogP contribution in [0.2, 0.25) is 0 Å². The number of hydrogen-bond acceptors (Lipinski definition) is 11. The molecule has 1 heterocycles. The number of carbonyl (C=O) groups excluding carboxylic acids is 3. The van der Waals surface area contributed by atoms with E-state index in [-0.39, 0.29) is 51.3 Å². The first kappa shape index (κ1) is 57.0. The van der Waals surface area contributed by atoms with Crippen LogP contribution in [0.3, 0.4) is 0 Å². The number of likely N-dealkylation sites (tertiary alicyclic amines) is 1. The van der Waals surface area contributed by atoms with E-state index in [0.29, 0.717) is 32.6 Å². The summed E-state index contributed by atoms with van der Waals surface area (Å²) in [5, 5.41) is 9.30. The van der Waals surface area contributed by atoms with Crippen molar-refractivity contribution in [1.29, 1.82) is 0 Å². The summed E-state index contributed by atoms with van der Waals surface area (Å²) in [5.74, 6) is -1.14. The molecule has 1 aliphatic rings. The van der Waals surface area contributed by atoms with Crippen molar-refractivity contribution in [3.8, 4) is 0 Å². The van der Waals surface area contributed by atoms with Crippen LogP contribution in [0.1, 0.15) is 175 Å². The first-order chi connectivity index (χ1) is 30.4. The van der Waals surface area contributed by atoms with E-state index in [4.69, 9.17) is 28.4 Å². The summed E-state index contributed by atoms with van der Waals surface area (Å²) in [5.41, 5.74) is 0. The Morgan fingerprint density at radius 1 is 0.629 bits per heavy atom. The molecule has 0 aromatic carbocycles. The Hall–Kier alpha value is -2.99. The molecular weight excluding hydrogens is 787 g/mol. The predicted molar refractivity (Wildman–Crippen MR) is 250 cm³/mol. The molecular formula is C51H89NO10. The fraction of sp³-hybridized carbons (Fsp3) is 0.784. The number of aliphatic hydroxyl groups excluding tert-OH is 1. The van der Waals surface area contributed by atoms with Crippen molar-refractivity contribution < 1.29 is 47.9 Å². The lowest BCUT2D eigenvalue weighted by molar-refractivity contribution is -0.161. The molecule has 0 aliphatic carbocycles. The van der Waals surface area contributed by atoms with E-state index >= 15 is 0 Å². The van der Waals surface area contributed by atoms with Gasteiger partial charge < -0.3 is 38.4 Å². The number of carbonyl (C=O) groups is 3. The van der Waals surface area contributed by atoms with Crippen LogP contribution < -0.4 is 0 Å². The molecule has 0 spiro atoms. The molecule has 2 atom stereocenters. The van der Waals surface area contributed by atoms with Crippen LogP contribution in [0, 0.1) is 11.8 Å². The third-order valence-electron chi connectivity index (χ3n) is 10.7. The number of esters is 2. The zero-order valence-corrected chi connectivity index (χ0v) is 39.5. The van der Waals surface area contributed by atoms with Crippen LogP contribution in [0.15, 0.2) is 48.6 Å². The van der Waals surface area contributed by atoms with Gasteiger partial charge in [-0.05, 0) is 109 Å². The van der Waals surface area contributed by atoms with E-state index in [2.05, 4.69) is 74.3 Å². The van der Waals surface area contributed by atoms with Crippen molar-refractivity contribution in [2.24, 2.45) is 11.8 Å². The Balaban J connectivity index is 2.58. The number of hydrogen-bond donors (Lipinski definition) is 1. The lowest BCUT2D eigenvalue weighted by Crippen LogP contribution is -2.39. The highest BCUT2D eigenvalue weighted by Crippen LogP contribution is 2.17. The van der Waals surface area contributed by atoms with Gasteiger partial charge in [0.25, 0.3) is 0 Å². The van der Waals surface area contributed by atoms with Crippen molar-refractivity contribution in [1.82, 2.24) is 4.90 Å². The average molecular weight is 876 g/mol. The highest BCUT2D eigenvalue weighted by Gasteiger charge is 2.23. The topological polar surface area (TPSA) is 130 Å². The van der Waals surface area contributed by atoms with Crippen LogP contribution in [0.4, 0.5) is 4.79 Å². The van der Waals surface area contributed by atoms with Gasteiger partial charge in [0.2, 0.25) is 0 Å². The SMILES string of the molecule is CC/C=C\CCCCOC(CCC(=O)OCC(COC(=O)CCCCCCC/C=C\C/C=C\CCCCC)COC(=O)OCC1CCCN(CCO)C1)OCCCC/C=C\CC. The molecule has 1 saturated heterocycles. The number of ether oxygens (including phenoxy) is 6. The van der Waals surface area contributed by atoms with Crippen LogP contribution in [0.25, 0.3) is 0 Å². The number of nitrogens with zero attached hydrogens (tertiary/aromatic N) is 1. The molecule has 11 heteroatoms. The van der Waals surface area contributed by atoms with Gasteiger partial charge >= 0.3 is 18.1 Å². The third kappa shape index (κ3) is 36.5. The number of rotatable bonds is 41. The molecule has 0 aromatic rings. The molecule has 1 aliphatic heterocycles. The number of piperidine rings is 1. The van der Waals surface area contributed by atoms with Crippen molar-refractivity contribution in [3.05, 3.63) is 48.6 Å². The Morgan fingerprint density at radius 2 is 1.18 bits per heavy atom. The predicted octanol–water partition coefficient (Wildman–Crippen LogP) is 11.8. The molecule has 0 aromatic heterocycles. The first-order valence-electron chi connectivity index (χ1n) is 24.7. The highest BCUT2D eigenvalue weighted by molar-refractivity contribution is 5.69. The standard InChI is InChI=1S/C51H89NO10/c1-4-7-10-13-16-17-18-19-20-21-22-23-24-25-28-33-48(54)59-43-47(45-62-51(56)61-42-46-32-31-36-52(41-46)37-38-53)44-60-49(55)34-35-50(57-39-29-26-14-11-8-5-2)58-40-30-27-15-12-9-6-3/h8-9,11-12,16-17,19-20,46-47,50,53H,4-7,10,13-15,18,21-45H2,1-3H3/b11-8-,12-9-,17-16-,20-19-. The van der Waals surface area contributed by atoms with Crippen molar-refractivity contribution in [3.63, 3.8) is 0 Å². The average Bonchev–Trinajstić information content (AvgIpc) is 3.27. The molecule has 0 radical (unpaired) electrons. The van der Waals surface area contributed by atoms with E-state index in [1.165, 1.54) is 25.7 Å². The third-order valence-corrected chi connectivity index (χ3v) is 10.7. The Kier molecular flexibility index (Phi) is 39.8. The molecule has 0 saturated carbocycles. The zero-order chi connectivity index (χ0) is 45.0. The molecule has 0 amide bonds. The second-order valence-electron chi connectivity index (χ2n) is 16.6. The Morgan fingerprint density at radius 3 is 1.79 bits per heavy atom. The van der Waals surface area contributed by atoms with Gasteiger partial charge in [0.05, 0.1) is 25.6 Å². The van der Waals surface area contributed by atoms with Gasteiger partial charge in [-0.1, -0.05) is 101 Å². The molecule has 62 heavy (non-hydrogen) atoms. The summed E-state index contributed by atoms with van der Waals surface area (Å²) in [6.07, 6.45) is 39.2. The first-order valence-corrected chi connectivity index (χ1v) is 24.7. The maximum atomic E-state index is 13.0. The minimum Gasteiger partial charge on any atom is -0.465 e. The lowest BCUT2D eigenvalue weighted by Gasteiger charge is -2.31. The lowest BCUT2D eigenvalue weighted by atomic mass is 9.99. The second kappa shape index (κ2) is 43.3. The zero-order valence-electron chi connectivity index (χ0n) is 39.5. The van der Waals surface area contributed by atoms with Gasteiger partial charge in [-0.15, -0.1) is 0 Å². The van der Waals surface area contributed by atoms with Gasteiger partial charge in [0.15, 0.2) is 6.29 Å². The van der Waals surface area contributed by atoms with Crippen molar-refractivity contribution in [2.75, 3.05) is 65.9 Å². The molecule has 11 nitrogen and oxygen atoms in total. The molecule has 358 valence electrons. The van der Waals surface area contributed by atoms with Crippen molar-refractivity contribution in [2.45, 2.75) is 181 Å². The minimum atomic E-state index is -0.808. The highest BCUT2D eigenvalue weighted by atomic mass is 16.7. The fourth-order valence-corrected chi connectivity index (χ4v) is 7.01. The summed E-state index contributed by atoms with van der Waals surface area (Å²) in [6.45, 7) is 9.93. The molecule has 2 unspecified atom stereocenters. The van der Waals surface area contributed by atoms with E-state index in [0.717, 1.165) is 122 Å². The van der Waals surface area contributed by atoms with Gasteiger partial charge in [0.1, 0.15) is 19.8 Å². The second-order valence-corrected chi connectivity index (χ2v) is 16.6. The fourth-order valence-electron chi connectivity index (χ4n) is 7.01. The summed E-state index contributed by atoms with van der Waals surface area (Å²) >= 11 is 0. The maximum Gasteiger partial charge on any atom is 0.508 e. The van der Waals surface area contributed by atoms with E-state index in [1.54, 1.807) is 0 Å². The molecule has 0 bridgehead atoms. The van der Waals surface area contributed by atoms with E-state index in [1.807, 2.05) is 0 Å². The smallest absolute Gasteiger partial charge is 0.465 e. The van der Waals surface area contributed by atoms with Crippen molar-refractivity contribution >= 4 is 18.1 Å². The normalized spacial score (nSPS) is 15.4. The summed E-state index contributed by atoms with van der Waals surface area (Å²) in [7, 11) is 0. The maximum absolute atomic E-state index is 13.0. The number of aliphatic hydroxyl groups is 1.